The van der Waals surface area contributed by atoms with Crippen molar-refractivity contribution in [3.05, 3.63) is 53.2 Å². The number of nitrogens with two attached hydrogens (primary N) is 1. The molecule has 0 aliphatic carbocycles. The fourth-order valence-electron chi connectivity index (χ4n) is 2.79. The molecule has 0 spiro atoms. The highest BCUT2D eigenvalue weighted by Gasteiger charge is 2.22. The number of anilines is 1. The van der Waals surface area contributed by atoms with Gasteiger partial charge in [0.25, 0.3) is 0 Å². The second kappa shape index (κ2) is 6.76. The molecule has 3 aromatic rings. The van der Waals surface area contributed by atoms with Crippen LogP contribution in [0, 0.1) is 18.3 Å². The molecule has 2 N–H and O–H groups in total. The molecular weight excluding hydrogens is 332 g/mol. The number of aromatic nitrogens is 2. The highest BCUT2D eigenvalue weighted by Crippen LogP contribution is 2.28. The van der Waals surface area contributed by atoms with Crippen molar-refractivity contribution in [1.82, 2.24) is 9.55 Å². The van der Waals surface area contributed by atoms with E-state index in [1.165, 1.54) is 13.3 Å². The molecule has 0 aliphatic rings. The Morgan fingerprint density at radius 2 is 2.23 bits per heavy atom. The zero-order valence-corrected chi connectivity index (χ0v) is 14.7. The van der Waals surface area contributed by atoms with Gasteiger partial charge in [-0.1, -0.05) is 13.0 Å². The van der Waals surface area contributed by atoms with Gasteiger partial charge in [-0.15, -0.1) is 0 Å². The van der Waals surface area contributed by atoms with Crippen LogP contribution in [0.25, 0.3) is 17.1 Å². The molecule has 0 unspecified atom stereocenters. The fourth-order valence-corrected chi connectivity index (χ4v) is 2.79. The summed E-state index contributed by atoms with van der Waals surface area (Å²) in [6.45, 7) is 3.89. The van der Waals surface area contributed by atoms with Crippen molar-refractivity contribution in [3.8, 4) is 23.2 Å². The van der Waals surface area contributed by atoms with Gasteiger partial charge in [0.2, 0.25) is 5.89 Å². The maximum absolute atomic E-state index is 12.1. The van der Waals surface area contributed by atoms with E-state index in [-0.39, 0.29) is 16.9 Å². The molecule has 0 bridgehead atoms. The number of esters is 1. The van der Waals surface area contributed by atoms with Crippen molar-refractivity contribution in [3.63, 3.8) is 0 Å². The minimum Gasteiger partial charge on any atom is -0.464 e. The van der Waals surface area contributed by atoms with E-state index in [1.54, 1.807) is 10.6 Å². The van der Waals surface area contributed by atoms with Gasteiger partial charge in [-0.25, -0.2) is 9.78 Å². The summed E-state index contributed by atoms with van der Waals surface area (Å²) in [5.41, 5.74) is 8.65. The molecule has 7 heteroatoms. The first-order valence-corrected chi connectivity index (χ1v) is 8.06. The molecule has 3 rings (SSSR count). The summed E-state index contributed by atoms with van der Waals surface area (Å²) in [6.07, 6.45) is 2.29. The maximum atomic E-state index is 12.1. The predicted molar refractivity (Wildman–Crippen MR) is 95.8 cm³/mol. The quantitative estimate of drug-likeness (QED) is 0.724. The summed E-state index contributed by atoms with van der Waals surface area (Å²) in [4.78, 5) is 16.6. The van der Waals surface area contributed by atoms with Crippen LogP contribution in [0.4, 0.5) is 5.69 Å². The normalized spacial score (nSPS) is 10.5. The van der Waals surface area contributed by atoms with E-state index < -0.39 is 5.97 Å². The van der Waals surface area contributed by atoms with E-state index in [0.717, 1.165) is 23.4 Å². The summed E-state index contributed by atoms with van der Waals surface area (Å²) < 4.78 is 12.1. The Kier molecular flexibility index (Phi) is 4.50. The summed E-state index contributed by atoms with van der Waals surface area (Å²) >= 11 is 0. The molecule has 1 aromatic carbocycles. The third-order valence-electron chi connectivity index (χ3n) is 4.14. The van der Waals surface area contributed by atoms with E-state index in [9.17, 15) is 10.1 Å². The molecule has 0 atom stereocenters. The number of rotatable bonds is 4. The number of aryl methyl sites for hydroxylation is 2. The lowest BCUT2D eigenvalue weighted by atomic mass is 10.2. The van der Waals surface area contributed by atoms with Crippen molar-refractivity contribution >= 4 is 11.7 Å². The lowest BCUT2D eigenvalue weighted by Gasteiger charge is -2.09. The number of carbonyl (C=O) groups is 1. The standard InChI is InChI=1S/C19H18N4O3/c1-4-15-11(2)26-18(22-15)12-6-5-7-14(8-12)23-10-13(9-20)16(21)17(23)19(24)25-3/h5-8,10H,4,21H2,1-3H3. The molecule has 0 amide bonds. The van der Waals surface area contributed by atoms with Crippen molar-refractivity contribution in [1.29, 1.82) is 5.26 Å². The molecule has 0 fully saturated rings. The van der Waals surface area contributed by atoms with Crippen molar-refractivity contribution in [2.45, 2.75) is 20.3 Å². The van der Waals surface area contributed by atoms with E-state index >= 15 is 0 Å². The van der Waals surface area contributed by atoms with Crippen LogP contribution in [-0.4, -0.2) is 22.6 Å². The van der Waals surface area contributed by atoms with Gasteiger partial charge in [0.15, 0.2) is 5.69 Å². The number of nitrogen functional groups attached to an aromatic ring is 1. The van der Waals surface area contributed by atoms with Crippen molar-refractivity contribution < 1.29 is 13.9 Å². The molecule has 0 saturated heterocycles. The topological polar surface area (TPSA) is 107 Å². The van der Waals surface area contributed by atoms with Crippen molar-refractivity contribution in [2.75, 3.05) is 12.8 Å². The number of hydrogen-bond acceptors (Lipinski definition) is 6. The summed E-state index contributed by atoms with van der Waals surface area (Å²) in [7, 11) is 1.27. The highest BCUT2D eigenvalue weighted by molar-refractivity contribution is 5.96. The number of oxazole rings is 1. The molecule has 0 saturated carbocycles. The van der Waals surface area contributed by atoms with Gasteiger partial charge in [-0.05, 0) is 31.5 Å². The molecule has 132 valence electrons. The Bertz CT molecular complexity index is 1020. The Morgan fingerprint density at radius 1 is 1.46 bits per heavy atom. The second-order valence-corrected chi connectivity index (χ2v) is 5.70. The van der Waals surface area contributed by atoms with E-state index in [1.807, 2.05) is 38.1 Å². The van der Waals surface area contributed by atoms with E-state index in [4.69, 9.17) is 14.9 Å². The molecule has 0 radical (unpaired) electrons. The van der Waals surface area contributed by atoms with Crippen LogP contribution in [0.1, 0.15) is 34.4 Å². The molecule has 26 heavy (non-hydrogen) atoms. The van der Waals surface area contributed by atoms with Crippen LogP contribution in [0.3, 0.4) is 0 Å². The lowest BCUT2D eigenvalue weighted by Crippen LogP contribution is -2.11. The zero-order valence-electron chi connectivity index (χ0n) is 14.7. The molecule has 2 heterocycles. The Hall–Kier alpha value is -3.53. The fraction of sp³-hybridized carbons (Fsp3) is 0.211. The SMILES string of the molecule is CCc1nc(-c2cccc(-n3cc(C#N)c(N)c3C(=O)OC)c2)oc1C. The summed E-state index contributed by atoms with van der Waals surface area (Å²) in [5, 5.41) is 9.23. The molecule has 0 aliphatic heterocycles. The number of nitriles is 1. The number of methoxy groups -OCH3 is 1. The van der Waals surface area contributed by atoms with E-state index in [0.29, 0.717) is 11.6 Å². The third kappa shape index (κ3) is 2.82. The van der Waals surface area contributed by atoms with Crippen LogP contribution in [0.2, 0.25) is 0 Å². The Labute approximate surface area is 150 Å². The van der Waals surface area contributed by atoms with Gasteiger partial charge < -0.3 is 19.5 Å². The molecule has 7 nitrogen and oxygen atoms in total. The van der Waals surface area contributed by atoms with Gasteiger partial charge in [-0.2, -0.15) is 5.26 Å². The minimum absolute atomic E-state index is 0.0880. The Balaban J connectivity index is 2.14. The van der Waals surface area contributed by atoms with Gasteiger partial charge in [0.05, 0.1) is 24.1 Å². The van der Waals surface area contributed by atoms with Gasteiger partial charge in [-0.3, -0.25) is 0 Å². The maximum Gasteiger partial charge on any atom is 0.357 e. The number of benzene rings is 1. The van der Waals surface area contributed by atoms with Crippen LogP contribution in [-0.2, 0) is 11.2 Å². The summed E-state index contributed by atoms with van der Waals surface area (Å²) in [6, 6.07) is 9.28. The van der Waals surface area contributed by atoms with Gasteiger partial charge in [0, 0.05) is 17.4 Å². The van der Waals surface area contributed by atoms with Gasteiger partial charge >= 0.3 is 5.97 Å². The smallest absolute Gasteiger partial charge is 0.357 e. The average molecular weight is 350 g/mol. The largest absolute Gasteiger partial charge is 0.464 e. The van der Waals surface area contributed by atoms with Gasteiger partial charge in [0.1, 0.15) is 11.8 Å². The highest BCUT2D eigenvalue weighted by atomic mass is 16.5. The summed E-state index contributed by atoms with van der Waals surface area (Å²) in [5.74, 6) is 0.663. The second-order valence-electron chi connectivity index (χ2n) is 5.70. The Morgan fingerprint density at radius 3 is 2.85 bits per heavy atom. The molecular formula is C19H18N4O3. The first-order chi connectivity index (χ1) is 12.5. The van der Waals surface area contributed by atoms with Crippen LogP contribution < -0.4 is 5.73 Å². The number of carbonyl (C=O) groups excluding carboxylic acids is 1. The first kappa shape index (κ1) is 17.3. The average Bonchev–Trinajstić information content (AvgIpc) is 3.20. The van der Waals surface area contributed by atoms with Crippen LogP contribution >= 0.6 is 0 Å². The predicted octanol–water partition coefficient (Wildman–Crippen LogP) is 3.24. The van der Waals surface area contributed by atoms with Crippen molar-refractivity contribution in [2.24, 2.45) is 0 Å². The number of ether oxygens (including phenoxy) is 1. The molecule has 2 aromatic heterocycles. The van der Waals surface area contributed by atoms with Crippen LogP contribution in [0.5, 0.6) is 0 Å². The third-order valence-corrected chi connectivity index (χ3v) is 4.14. The lowest BCUT2D eigenvalue weighted by molar-refractivity contribution is 0.0593. The number of hydrogen-bond donors (Lipinski definition) is 1. The van der Waals surface area contributed by atoms with E-state index in [2.05, 4.69) is 4.98 Å². The van der Waals surface area contributed by atoms with Crippen LogP contribution in [0.15, 0.2) is 34.9 Å². The first-order valence-electron chi connectivity index (χ1n) is 8.06. The minimum atomic E-state index is -0.616. The number of nitrogens with zero attached hydrogens (tertiary/aromatic N) is 3. The monoisotopic (exact) mass is 350 g/mol. The zero-order chi connectivity index (χ0) is 18.8.